The van der Waals surface area contributed by atoms with Gasteiger partial charge in [0.25, 0.3) is 0 Å². The number of nitrogens with one attached hydrogen (secondary N) is 1. The molecule has 2 atom stereocenters. The first-order valence-electron chi connectivity index (χ1n) is 6.47. The van der Waals surface area contributed by atoms with Crippen molar-refractivity contribution < 1.29 is 9.59 Å². The van der Waals surface area contributed by atoms with Crippen LogP contribution in [0.15, 0.2) is 59.5 Å². The summed E-state index contributed by atoms with van der Waals surface area (Å²) in [6.45, 7) is 0. The molecule has 3 rings (SSSR count). The molecule has 5 heteroatoms. The van der Waals surface area contributed by atoms with E-state index in [1.165, 1.54) is 11.8 Å². The average molecular weight is 318 g/mol. The van der Waals surface area contributed by atoms with Crippen molar-refractivity contribution in [3.05, 3.63) is 65.2 Å². The summed E-state index contributed by atoms with van der Waals surface area (Å²) in [5.41, 5.74) is 0.691. The third-order valence-electron chi connectivity index (χ3n) is 3.34. The molecule has 106 valence electrons. The minimum Gasteiger partial charge on any atom is -0.295 e. The molecule has 21 heavy (non-hydrogen) atoms. The van der Waals surface area contributed by atoms with Gasteiger partial charge in [-0.1, -0.05) is 48.0 Å². The van der Waals surface area contributed by atoms with Crippen LogP contribution >= 0.6 is 23.4 Å². The fourth-order valence-corrected chi connectivity index (χ4v) is 3.79. The van der Waals surface area contributed by atoms with Crippen LogP contribution in [-0.2, 0) is 9.59 Å². The third kappa shape index (κ3) is 2.82. The van der Waals surface area contributed by atoms with Gasteiger partial charge in [-0.3, -0.25) is 14.9 Å². The SMILES string of the molecule is O=C1NC(=O)C(c2ccccc2Cl)C1Sc1ccccc1. The molecule has 0 radical (unpaired) electrons. The van der Waals surface area contributed by atoms with Gasteiger partial charge in [0.15, 0.2) is 0 Å². The average Bonchev–Trinajstić information content (AvgIpc) is 2.75. The van der Waals surface area contributed by atoms with Crippen molar-refractivity contribution in [1.29, 1.82) is 0 Å². The molecule has 1 saturated heterocycles. The lowest BCUT2D eigenvalue weighted by molar-refractivity contribution is -0.125. The minimum atomic E-state index is -0.559. The van der Waals surface area contributed by atoms with E-state index in [2.05, 4.69) is 5.32 Å². The Hall–Kier alpha value is -1.78. The Morgan fingerprint density at radius 1 is 0.905 bits per heavy atom. The Morgan fingerprint density at radius 2 is 1.57 bits per heavy atom. The molecule has 1 fully saturated rings. The van der Waals surface area contributed by atoms with E-state index in [1.54, 1.807) is 18.2 Å². The third-order valence-corrected chi connectivity index (χ3v) is 4.97. The first-order chi connectivity index (χ1) is 10.2. The van der Waals surface area contributed by atoms with E-state index in [4.69, 9.17) is 11.6 Å². The highest BCUT2D eigenvalue weighted by atomic mass is 35.5. The highest BCUT2D eigenvalue weighted by Crippen LogP contribution is 2.39. The predicted octanol–water partition coefficient (Wildman–Crippen LogP) is 3.24. The summed E-state index contributed by atoms with van der Waals surface area (Å²) >= 11 is 7.57. The molecular formula is C16H12ClNO2S. The largest absolute Gasteiger partial charge is 0.295 e. The zero-order chi connectivity index (χ0) is 14.8. The monoisotopic (exact) mass is 317 g/mol. The van der Waals surface area contributed by atoms with E-state index in [9.17, 15) is 9.59 Å². The molecule has 2 amide bonds. The van der Waals surface area contributed by atoms with E-state index in [-0.39, 0.29) is 11.8 Å². The molecule has 0 aromatic heterocycles. The molecular weight excluding hydrogens is 306 g/mol. The van der Waals surface area contributed by atoms with Crippen molar-refractivity contribution in [3.8, 4) is 0 Å². The number of rotatable bonds is 3. The van der Waals surface area contributed by atoms with Crippen molar-refractivity contribution in [2.45, 2.75) is 16.1 Å². The minimum absolute atomic E-state index is 0.265. The second-order valence-electron chi connectivity index (χ2n) is 4.70. The molecule has 1 N–H and O–H groups in total. The predicted molar refractivity (Wildman–Crippen MR) is 83.4 cm³/mol. The molecule has 2 aromatic rings. The maximum Gasteiger partial charge on any atom is 0.241 e. The van der Waals surface area contributed by atoms with Crippen molar-refractivity contribution in [1.82, 2.24) is 5.32 Å². The van der Waals surface area contributed by atoms with Crippen molar-refractivity contribution in [3.63, 3.8) is 0 Å². The molecule has 0 spiro atoms. The van der Waals surface area contributed by atoms with Gasteiger partial charge in [0.2, 0.25) is 11.8 Å². The molecule has 0 aliphatic carbocycles. The summed E-state index contributed by atoms with van der Waals surface area (Å²) in [5.74, 6) is -1.11. The lowest BCUT2D eigenvalue weighted by Gasteiger charge is -2.16. The number of thioether (sulfide) groups is 1. The van der Waals surface area contributed by atoms with Gasteiger partial charge in [-0.25, -0.2) is 0 Å². The number of carbonyl (C=O) groups excluding carboxylic acids is 2. The Morgan fingerprint density at radius 3 is 2.29 bits per heavy atom. The van der Waals surface area contributed by atoms with E-state index >= 15 is 0 Å². The van der Waals surface area contributed by atoms with E-state index < -0.39 is 11.2 Å². The Bertz CT molecular complexity index is 690. The number of imide groups is 1. The van der Waals surface area contributed by atoms with Crippen LogP contribution in [0, 0.1) is 0 Å². The number of hydrogen-bond acceptors (Lipinski definition) is 3. The Balaban J connectivity index is 1.95. The quantitative estimate of drug-likeness (QED) is 0.884. The normalized spacial score (nSPS) is 21.4. The van der Waals surface area contributed by atoms with Gasteiger partial charge in [-0.05, 0) is 23.8 Å². The number of amides is 2. The van der Waals surface area contributed by atoms with Crippen LogP contribution in [0.2, 0.25) is 5.02 Å². The zero-order valence-electron chi connectivity index (χ0n) is 11.0. The highest BCUT2D eigenvalue weighted by Gasteiger charge is 2.43. The molecule has 3 nitrogen and oxygen atoms in total. The molecule has 1 heterocycles. The van der Waals surface area contributed by atoms with Gasteiger partial charge < -0.3 is 0 Å². The first kappa shape index (κ1) is 14.2. The number of benzene rings is 2. The van der Waals surface area contributed by atoms with Crippen LogP contribution in [-0.4, -0.2) is 17.1 Å². The van der Waals surface area contributed by atoms with Crippen LogP contribution in [0.4, 0.5) is 0 Å². The van der Waals surface area contributed by atoms with Gasteiger partial charge in [0.05, 0.1) is 5.92 Å². The van der Waals surface area contributed by atoms with Crippen molar-refractivity contribution >= 4 is 35.2 Å². The Labute approximate surface area is 131 Å². The Kier molecular flexibility index (Phi) is 3.99. The number of hydrogen-bond donors (Lipinski definition) is 1. The summed E-state index contributed by atoms with van der Waals surface area (Å²) < 4.78 is 0. The fraction of sp³-hybridized carbons (Fsp3) is 0.125. The number of carbonyl (C=O) groups is 2. The summed E-state index contributed by atoms with van der Waals surface area (Å²) in [6, 6.07) is 16.7. The summed E-state index contributed by atoms with van der Waals surface area (Å²) in [5, 5.41) is 2.41. The van der Waals surface area contributed by atoms with Crippen molar-refractivity contribution in [2.75, 3.05) is 0 Å². The standard InChI is InChI=1S/C16H12ClNO2S/c17-12-9-5-4-8-11(12)13-14(16(20)18-15(13)19)21-10-6-2-1-3-7-10/h1-9,13-14H,(H,18,19,20). The highest BCUT2D eigenvalue weighted by molar-refractivity contribution is 8.00. The van der Waals surface area contributed by atoms with Crippen LogP contribution in [0.25, 0.3) is 0 Å². The molecule has 1 aliphatic rings. The van der Waals surface area contributed by atoms with Crippen LogP contribution < -0.4 is 5.32 Å². The number of halogens is 1. The topological polar surface area (TPSA) is 46.2 Å². The van der Waals surface area contributed by atoms with Gasteiger partial charge in [-0.2, -0.15) is 0 Å². The van der Waals surface area contributed by atoms with Crippen LogP contribution in [0.1, 0.15) is 11.5 Å². The van der Waals surface area contributed by atoms with Crippen LogP contribution in [0.3, 0.4) is 0 Å². The lowest BCUT2D eigenvalue weighted by atomic mass is 9.97. The fourth-order valence-electron chi connectivity index (χ4n) is 2.36. The van der Waals surface area contributed by atoms with Crippen LogP contribution in [0.5, 0.6) is 0 Å². The smallest absolute Gasteiger partial charge is 0.241 e. The lowest BCUT2D eigenvalue weighted by Crippen LogP contribution is -2.22. The van der Waals surface area contributed by atoms with Gasteiger partial charge >= 0.3 is 0 Å². The zero-order valence-corrected chi connectivity index (χ0v) is 12.5. The van der Waals surface area contributed by atoms with E-state index in [0.717, 1.165) is 4.90 Å². The van der Waals surface area contributed by atoms with Gasteiger partial charge in [0.1, 0.15) is 5.25 Å². The molecule has 0 bridgehead atoms. The maximum absolute atomic E-state index is 12.1. The maximum atomic E-state index is 12.1. The summed E-state index contributed by atoms with van der Waals surface area (Å²) in [7, 11) is 0. The second kappa shape index (κ2) is 5.92. The molecule has 2 unspecified atom stereocenters. The summed E-state index contributed by atoms with van der Waals surface area (Å²) in [4.78, 5) is 25.2. The van der Waals surface area contributed by atoms with E-state index in [0.29, 0.717) is 10.6 Å². The second-order valence-corrected chi connectivity index (χ2v) is 6.33. The summed E-state index contributed by atoms with van der Waals surface area (Å²) in [6.07, 6.45) is 0. The molecule has 2 aromatic carbocycles. The van der Waals surface area contributed by atoms with E-state index in [1.807, 2.05) is 36.4 Å². The molecule has 1 aliphatic heterocycles. The first-order valence-corrected chi connectivity index (χ1v) is 7.73. The molecule has 0 saturated carbocycles. The van der Waals surface area contributed by atoms with Gasteiger partial charge in [0, 0.05) is 9.92 Å². The van der Waals surface area contributed by atoms with Crippen molar-refractivity contribution in [2.24, 2.45) is 0 Å². The van der Waals surface area contributed by atoms with Gasteiger partial charge in [-0.15, -0.1) is 11.8 Å².